The van der Waals surface area contributed by atoms with E-state index in [0.717, 1.165) is 35.2 Å². The molecule has 0 bridgehead atoms. The highest BCUT2D eigenvalue weighted by Gasteiger charge is 2.25. The average Bonchev–Trinajstić information content (AvgIpc) is 3.47. The molecule has 1 aliphatic rings. The number of nitrogens with zero attached hydrogens (tertiary/aromatic N) is 4. The number of hydrogen-bond acceptors (Lipinski definition) is 8. The van der Waals surface area contributed by atoms with Crippen LogP contribution < -0.4 is 5.56 Å². The topological polar surface area (TPSA) is 87.0 Å². The first kappa shape index (κ1) is 19.6. The Morgan fingerprint density at radius 1 is 1.33 bits per heavy atom. The van der Waals surface area contributed by atoms with Crippen molar-refractivity contribution in [2.75, 3.05) is 0 Å². The summed E-state index contributed by atoms with van der Waals surface area (Å²) < 4.78 is 12.9. The van der Waals surface area contributed by atoms with Gasteiger partial charge < -0.3 is 8.83 Å². The third-order valence-electron chi connectivity index (χ3n) is 5.41. The smallest absolute Gasteiger partial charge is 0.263 e. The molecule has 0 radical (unpaired) electrons. The Labute approximate surface area is 181 Å². The normalized spacial score (nSPS) is 16.3. The molecule has 1 unspecified atom stereocenters. The maximum atomic E-state index is 13.6. The number of furan rings is 1. The van der Waals surface area contributed by atoms with E-state index in [0.29, 0.717) is 41.6 Å². The highest BCUT2D eigenvalue weighted by atomic mass is 32.2. The van der Waals surface area contributed by atoms with Crippen molar-refractivity contribution in [1.82, 2.24) is 19.7 Å². The zero-order chi connectivity index (χ0) is 20.7. The molecule has 0 aliphatic heterocycles. The van der Waals surface area contributed by atoms with E-state index in [-0.39, 0.29) is 5.56 Å². The molecule has 30 heavy (non-hydrogen) atoms. The SMILES string of the molecule is CCc1nnc(CSc2nc3sc4c(c3c(=O)n2Cc2ccco2)CCC(C)C4)o1. The van der Waals surface area contributed by atoms with Crippen LogP contribution >= 0.6 is 23.1 Å². The van der Waals surface area contributed by atoms with Crippen LogP contribution in [0.3, 0.4) is 0 Å². The number of fused-ring (bicyclic) bond motifs is 3. The summed E-state index contributed by atoms with van der Waals surface area (Å²) in [6.07, 6.45) is 5.41. The van der Waals surface area contributed by atoms with E-state index in [1.807, 2.05) is 19.1 Å². The minimum absolute atomic E-state index is 0.00530. The quantitative estimate of drug-likeness (QED) is 0.322. The number of aromatic nitrogens is 4. The first-order valence-electron chi connectivity index (χ1n) is 10.1. The molecule has 1 aliphatic carbocycles. The van der Waals surface area contributed by atoms with Crippen molar-refractivity contribution in [2.24, 2.45) is 5.92 Å². The van der Waals surface area contributed by atoms with Crippen molar-refractivity contribution in [3.63, 3.8) is 0 Å². The fraction of sp³-hybridized carbons (Fsp3) is 0.429. The lowest BCUT2D eigenvalue weighted by atomic mass is 9.89. The van der Waals surface area contributed by atoms with E-state index >= 15 is 0 Å². The molecule has 1 atom stereocenters. The van der Waals surface area contributed by atoms with Gasteiger partial charge in [0.15, 0.2) is 5.16 Å². The fourth-order valence-electron chi connectivity index (χ4n) is 3.83. The minimum atomic E-state index is 0.00530. The van der Waals surface area contributed by atoms with Gasteiger partial charge in [0.25, 0.3) is 5.56 Å². The Hall–Kier alpha value is -2.39. The van der Waals surface area contributed by atoms with Crippen molar-refractivity contribution in [1.29, 1.82) is 0 Å². The molecule has 0 amide bonds. The Kier molecular flexibility index (Phi) is 5.24. The lowest BCUT2D eigenvalue weighted by Crippen LogP contribution is -2.24. The molecule has 0 spiro atoms. The third-order valence-corrected chi connectivity index (χ3v) is 7.52. The van der Waals surface area contributed by atoms with Gasteiger partial charge >= 0.3 is 0 Å². The van der Waals surface area contributed by atoms with Crippen LogP contribution in [-0.2, 0) is 31.6 Å². The van der Waals surface area contributed by atoms with E-state index in [2.05, 4.69) is 17.1 Å². The van der Waals surface area contributed by atoms with Gasteiger partial charge in [0, 0.05) is 11.3 Å². The number of aryl methyl sites for hydroxylation is 2. The number of thiophene rings is 1. The molecule has 0 fully saturated rings. The Balaban J connectivity index is 1.57. The monoisotopic (exact) mass is 442 g/mol. The number of thioether (sulfide) groups is 1. The van der Waals surface area contributed by atoms with Crippen LogP contribution in [0.15, 0.2) is 37.2 Å². The van der Waals surface area contributed by atoms with Gasteiger partial charge in [-0.3, -0.25) is 9.36 Å². The zero-order valence-corrected chi connectivity index (χ0v) is 18.5. The first-order valence-corrected chi connectivity index (χ1v) is 11.9. The van der Waals surface area contributed by atoms with Crippen LogP contribution in [0.2, 0.25) is 0 Å². The second-order valence-corrected chi connectivity index (χ2v) is 9.65. The molecule has 156 valence electrons. The summed E-state index contributed by atoms with van der Waals surface area (Å²) >= 11 is 3.11. The molecule has 0 saturated carbocycles. The second kappa shape index (κ2) is 8.03. The van der Waals surface area contributed by atoms with Crippen molar-refractivity contribution in [3.8, 4) is 0 Å². The van der Waals surface area contributed by atoms with Gasteiger partial charge in [-0.2, -0.15) is 0 Å². The molecule has 4 aromatic rings. The van der Waals surface area contributed by atoms with Crippen molar-refractivity contribution < 1.29 is 8.83 Å². The van der Waals surface area contributed by atoms with Gasteiger partial charge in [0.2, 0.25) is 11.8 Å². The molecular weight excluding hydrogens is 420 g/mol. The van der Waals surface area contributed by atoms with Crippen LogP contribution in [0.25, 0.3) is 10.2 Å². The Morgan fingerprint density at radius 3 is 2.97 bits per heavy atom. The van der Waals surface area contributed by atoms with E-state index in [1.54, 1.807) is 22.2 Å². The molecule has 4 aromatic heterocycles. The summed E-state index contributed by atoms with van der Waals surface area (Å²) in [4.78, 5) is 20.6. The molecule has 4 heterocycles. The Bertz CT molecular complexity index is 1240. The lowest BCUT2D eigenvalue weighted by Gasteiger charge is -2.17. The van der Waals surface area contributed by atoms with Crippen molar-refractivity contribution in [2.45, 2.75) is 57.0 Å². The van der Waals surface area contributed by atoms with Gasteiger partial charge in [0.05, 0.1) is 23.9 Å². The summed E-state index contributed by atoms with van der Waals surface area (Å²) in [6.45, 7) is 4.59. The number of rotatable bonds is 6. The molecule has 9 heteroatoms. The summed E-state index contributed by atoms with van der Waals surface area (Å²) in [5.41, 5.74) is 1.20. The standard InChI is InChI=1S/C21H22N4O3S2/c1-3-16-23-24-17(28-16)11-29-21-22-19-18(14-7-6-12(2)9-15(14)30-19)20(26)25(21)10-13-5-4-8-27-13/h4-5,8,12H,3,6-7,9-11H2,1-2H3. The predicted octanol–water partition coefficient (Wildman–Crippen LogP) is 4.46. The zero-order valence-electron chi connectivity index (χ0n) is 16.9. The third kappa shape index (κ3) is 3.60. The number of hydrogen-bond donors (Lipinski definition) is 0. The van der Waals surface area contributed by atoms with E-state index < -0.39 is 0 Å². The minimum Gasteiger partial charge on any atom is -0.467 e. The molecular formula is C21H22N4O3S2. The molecule has 0 aromatic carbocycles. The fourth-order valence-corrected chi connectivity index (χ4v) is 6.09. The highest BCUT2D eigenvalue weighted by molar-refractivity contribution is 7.98. The van der Waals surface area contributed by atoms with E-state index in [1.165, 1.54) is 22.2 Å². The maximum absolute atomic E-state index is 13.6. The molecule has 5 rings (SSSR count). The summed E-state index contributed by atoms with van der Waals surface area (Å²) in [7, 11) is 0. The summed E-state index contributed by atoms with van der Waals surface area (Å²) in [5.74, 6) is 2.99. The largest absolute Gasteiger partial charge is 0.467 e. The van der Waals surface area contributed by atoms with E-state index in [4.69, 9.17) is 13.8 Å². The van der Waals surface area contributed by atoms with Crippen molar-refractivity contribution >= 4 is 33.3 Å². The molecule has 0 N–H and O–H groups in total. The molecule has 7 nitrogen and oxygen atoms in total. The van der Waals surface area contributed by atoms with Crippen LogP contribution in [-0.4, -0.2) is 19.7 Å². The molecule has 0 saturated heterocycles. The predicted molar refractivity (Wildman–Crippen MR) is 116 cm³/mol. The van der Waals surface area contributed by atoms with Crippen molar-refractivity contribution in [3.05, 3.63) is 56.7 Å². The Morgan fingerprint density at radius 2 is 2.20 bits per heavy atom. The maximum Gasteiger partial charge on any atom is 0.263 e. The first-order chi connectivity index (χ1) is 14.6. The van der Waals surface area contributed by atoms with E-state index in [9.17, 15) is 4.79 Å². The van der Waals surface area contributed by atoms with Crippen LogP contribution in [0, 0.1) is 5.92 Å². The highest BCUT2D eigenvalue weighted by Crippen LogP contribution is 2.36. The van der Waals surface area contributed by atoms with Gasteiger partial charge in [0.1, 0.15) is 10.6 Å². The van der Waals surface area contributed by atoms with Gasteiger partial charge in [-0.05, 0) is 42.9 Å². The van der Waals surface area contributed by atoms with Crippen LogP contribution in [0.5, 0.6) is 0 Å². The van der Waals surface area contributed by atoms with Gasteiger partial charge in [-0.15, -0.1) is 21.5 Å². The van der Waals surface area contributed by atoms with Gasteiger partial charge in [-0.1, -0.05) is 25.6 Å². The summed E-state index contributed by atoms with van der Waals surface area (Å²) in [6, 6.07) is 3.71. The second-order valence-electron chi connectivity index (χ2n) is 7.63. The summed E-state index contributed by atoms with van der Waals surface area (Å²) in [5, 5.41) is 9.53. The lowest BCUT2D eigenvalue weighted by molar-refractivity contribution is 0.468. The van der Waals surface area contributed by atoms with Gasteiger partial charge in [-0.25, -0.2) is 4.98 Å². The average molecular weight is 443 g/mol. The van der Waals surface area contributed by atoms with Crippen LogP contribution in [0.1, 0.15) is 48.3 Å². The van der Waals surface area contributed by atoms with Crippen LogP contribution in [0.4, 0.5) is 0 Å².